The van der Waals surface area contributed by atoms with Gasteiger partial charge >= 0.3 is 6.18 Å². The van der Waals surface area contributed by atoms with Crippen LogP contribution >= 0.6 is 0 Å². The van der Waals surface area contributed by atoms with Crippen molar-refractivity contribution in [2.45, 2.75) is 12.6 Å². The van der Waals surface area contributed by atoms with Crippen LogP contribution in [0, 0.1) is 0 Å². The molecule has 0 atom stereocenters. The summed E-state index contributed by atoms with van der Waals surface area (Å²) in [6.45, 7) is 0. The highest BCUT2D eigenvalue weighted by Gasteiger charge is 2.25. The van der Waals surface area contributed by atoms with Crippen LogP contribution < -0.4 is 17.0 Å². The van der Waals surface area contributed by atoms with Crippen molar-refractivity contribution in [1.82, 2.24) is 5.43 Å². The van der Waals surface area contributed by atoms with Crippen molar-refractivity contribution in [3.8, 4) is 0 Å². The zero-order valence-electron chi connectivity index (χ0n) is 5.07. The fourth-order valence-corrected chi connectivity index (χ4v) is 0.285. The molecule has 0 spiro atoms. The number of rotatable bonds is 2. The first kappa shape index (κ1) is 9.09. The van der Waals surface area contributed by atoms with E-state index in [1.165, 1.54) is 0 Å². The maximum absolute atomic E-state index is 11.4. The SMILES string of the molecule is NN/C(N)=C\CC(F)(F)F. The lowest BCUT2D eigenvalue weighted by Gasteiger charge is -2.02. The monoisotopic (exact) mass is 155 g/mol. The second-order valence-corrected chi connectivity index (χ2v) is 1.62. The third kappa shape index (κ3) is 5.23. The minimum Gasteiger partial charge on any atom is -0.385 e. The molecule has 0 aliphatic carbocycles. The molecule has 0 bridgehead atoms. The molecule has 0 aromatic rings. The van der Waals surface area contributed by atoms with Gasteiger partial charge in [0.15, 0.2) is 0 Å². The molecule has 0 saturated carbocycles. The summed E-state index contributed by atoms with van der Waals surface area (Å²) in [5.74, 6) is 4.51. The Balaban J connectivity index is 3.73. The number of allylic oxidation sites excluding steroid dienone is 1. The third-order valence-electron chi connectivity index (χ3n) is 0.720. The summed E-state index contributed by atoms with van der Waals surface area (Å²) in [6.07, 6.45) is -4.52. The summed E-state index contributed by atoms with van der Waals surface area (Å²) in [5.41, 5.74) is 6.78. The van der Waals surface area contributed by atoms with Crippen molar-refractivity contribution in [3.05, 3.63) is 11.9 Å². The number of nitrogens with one attached hydrogen (secondary N) is 1. The molecule has 0 amide bonds. The van der Waals surface area contributed by atoms with Crippen LogP contribution in [0.25, 0.3) is 0 Å². The van der Waals surface area contributed by atoms with Gasteiger partial charge < -0.3 is 11.2 Å². The van der Waals surface area contributed by atoms with E-state index in [0.717, 1.165) is 6.08 Å². The number of halogens is 3. The van der Waals surface area contributed by atoms with Gasteiger partial charge in [-0.1, -0.05) is 0 Å². The van der Waals surface area contributed by atoms with Crippen LogP contribution in [0.2, 0.25) is 0 Å². The highest BCUT2D eigenvalue weighted by atomic mass is 19.4. The van der Waals surface area contributed by atoms with E-state index in [0.29, 0.717) is 0 Å². The molecular formula is C4H8F3N3. The normalized spacial score (nSPS) is 13.4. The van der Waals surface area contributed by atoms with E-state index in [9.17, 15) is 13.2 Å². The molecule has 0 aliphatic heterocycles. The largest absolute Gasteiger partial charge is 0.392 e. The third-order valence-corrected chi connectivity index (χ3v) is 0.720. The Kier molecular flexibility index (Phi) is 3.01. The van der Waals surface area contributed by atoms with Crippen LogP contribution in [0.3, 0.4) is 0 Å². The first-order chi connectivity index (χ1) is 4.45. The molecule has 0 heterocycles. The second-order valence-electron chi connectivity index (χ2n) is 1.62. The molecule has 3 nitrogen and oxygen atoms in total. The van der Waals surface area contributed by atoms with E-state index >= 15 is 0 Å². The standard InChI is InChI=1S/C4H8F3N3/c5-4(6,7)2-1-3(8)10-9/h1,10H,2,8-9H2/b3-1-. The number of hydrogen-bond acceptors (Lipinski definition) is 3. The van der Waals surface area contributed by atoms with Crippen LogP contribution in [-0.4, -0.2) is 6.18 Å². The van der Waals surface area contributed by atoms with Gasteiger partial charge in [-0.15, -0.1) is 0 Å². The Hall–Kier alpha value is -0.910. The quantitative estimate of drug-likeness (QED) is 0.394. The lowest BCUT2D eigenvalue weighted by atomic mass is 10.4. The van der Waals surface area contributed by atoms with Gasteiger partial charge in [-0.25, -0.2) is 5.84 Å². The summed E-state index contributed by atoms with van der Waals surface area (Å²) in [5, 5.41) is 0. The van der Waals surface area contributed by atoms with Gasteiger partial charge in [0.25, 0.3) is 0 Å². The molecule has 0 unspecified atom stereocenters. The number of nitrogens with two attached hydrogens (primary N) is 2. The van der Waals surface area contributed by atoms with E-state index in [1.54, 1.807) is 0 Å². The van der Waals surface area contributed by atoms with Crippen LogP contribution in [-0.2, 0) is 0 Å². The van der Waals surface area contributed by atoms with Crippen molar-refractivity contribution >= 4 is 0 Å². The Morgan fingerprint density at radius 1 is 1.50 bits per heavy atom. The van der Waals surface area contributed by atoms with Crippen LogP contribution in [0.15, 0.2) is 11.9 Å². The first-order valence-electron chi connectivity index (χ1n) is 2.44. The highest BCUT2D eigenvalue weighted by molar-refractivity contribution is 4.92. The van der Waals surface area contributed by atoms with Gasteiger partial charge in [0.2, 0.25) is 0 Å². The molecule has 0 aromatic heterocycles. The molecule has 0 aromatic carbocycles. The summed E-state index contributed by atoms with van der Waals surface area (Å²) >= 11 is 0. The summed E-state index contributed by atoms with van der Waals surface area (Å²) in [7, 11) is 0. The number of hydrogen-bond donors (Lipinski definition) is 3. The fraction of sp³-hybridized carbons (Fsp3) is 0.500. The summed E-state index contributed by atoms with van der Waals surface area (Å²) in [6, 6.07) is 0. The highest BCUT2D eigenvalue weighted by Crippen LogP contribution is 2.19. The van der Waals surface area contributed by atoms with Crippen LogP contribution in [0.4, 0.5) is 13.2 Å². The molecular weight excluding hydrogens is 147 g/mol. The predicted octanol–water partition coefficient (Wildman–Crippen LogP) is 0.202. The Morgan fingerprint density at radius 3 is 2.30 bits per heavy atom. The Morgan fingerprint density at radius 2 is 2.00 bits per heavy atom. The average Bonchev–Trinajstić information content (AvgIpc) is 1.81. The zero-order chi connectivity index (χ0) is 8.20. The Labute approximate surface area is 55.8 Å². The van der Waals surface area contributed by atoms with Gasteiger partial charge in [0, 0.05) is 0 Å². The molecule has 0 fully saturated rings. The van der Waals surface area contributed by atoms with Crippen molar-refractivity contribution < 1.29 is 13.2 Å². The average molecular weight is 155 g/mol. The fourth-order valence-electron chi connectivity index (χ4n) is 0.285. The molecule has 0 saturated heterocycles. The molecule has 6 heteroatoms. The maximum Gasteiger partial charge on any atom is 0.392 e. The summed E-state index contributed by atoms with van der Waals surface area (Å²) < 4.78 is 34.2. The minimum absolute atomic E-state index is 0.183. The topological polar surface area (TPSA) is 64.1 Å². The van der Waals surface area contributed by atoms with Gasteiger partial charge in [-0.3, -0.25) is 0 Å². The van der Waals surface area contributed by atoms with Gasteiger partial charge in [-0.05, 0) is 6.08 Å². The molecule has 0 rings (SSSR count). The molecule has 60 valence electrons. The van der Waals surface area contributed by atoms with Gasteiger partial charge in [0.05, 0.1) is 6.42 Å². The number of hydrazine groups is 1. The van der Waals surface area contributed by atoms with E-state index in [4.69, 9.17) is 11.6 Å². The van der Waals surface area contributed by atoms with Crippen LogP contribution in [0.5, 0.6) is 0 Å². The number of alkyl halides is 3. The molecule has 10 heavy (non-hydrogen) atoms. The van der Waals surface area contributed by atoms with E-state index in [1.807, 2.05) is 5.43 Å². The van der Waals surface area contributed by atoms with Gasteiger partial charge in [-0.2, -0.15) is 13.2 Å². The molecule has 5 N–H and O–H groups in total. The molecule has 0 radical (unpaired) electrons. The van der Waals surface area contributed by atoms with Gasteiger partial charge in [0.1, 0.15) is 5.82 Å². The summed E-state index contributed by atoms with van der Waals surface area (Å²) in [4.78, 5) is 0. The smallest absolute Gasteiger partial charge is 0.385 e. The zero-order valence-corrected chi connectivity index (χ0v) is 5.07. The van der Waals surface area contributed by atoms with Crippen molar-refractivity contribution in [3.63, 3.8) is 0 Å². The van der Waals surface area contributed by atoms with E-state index in [2.05, 4.69) is 0 Å². The van der Waals surface area contributed by atoms with Crippen molar-refractivity contribution in [2.24, 2.45) is 11.6 Å². The lowest BCUT2D eigenvalue weighted by molar-refractivity contribution is -0.125. The van der Waals surface area contributed by atoms with Crippen LogP contribution in [0.1, 0.15) is 6.42 Å². The van der Waals surface area contributed by atoms with Crippen molar-refractivity contribution in [2.75, 3.05) is 0 Å². The first-order valence-corrected chi connectivity index (χ1v) is 2.44. The van der Waals surface area contributed by atoms with Crippen molar-refractivity contribution in [1.29, 1.82) is 0 Å². The van der Waals surface area contributed by atoms with E-state index in [-0.39, 0.29) is 5.82 Å². The maximum atomic E-state index is 11.4. The molecule has 0 aliphatic rings. The van der Waals surface area contributed by atoms with E-state index < -0.39 is 12.6 Å². The second kappa shape index (κ2) is 3.31. The Bertz CT molecular complexity index is 128. The predicted molar refractivity (Wildman–Crippen MR) is 30.3 cm³/mol. The minimum atomic E-state index is -4.22. The lowest BCUT2D eigenvalue weighted by Crippen LogP contribution is -2.27.